The van der Waals surface area contributed by atoms with Crippen LogP contribution < -0.4 is 5.73 Å². The van der Waals surface area contributed by atoms with Gasteiger partial charge in [-0.25, -0.2) is 0 Å². The van der Waals surface area contributed by atoms with Crippen molar-refractivity contribution in [3.8, 4) is 0 Å². The Hall–Kier alpha value is -0.610. The van der Waals surface area contributed by atoms with Crippen molar-refractivity contribution < 1.29 is 0 Å². The number of halogens is 1. The maximum absolute atomic E-state index is 6.08. The van der Waals surface area contributed by atoms with E-state index < -0.39 is 0 Å². The van der Waals surface area contributed by atoms with Gasteiger partial charge in [0.1, 0.15) is 0 Å². The number of hydrogen-bond donors (Lipinski definition) is 1. The molecule has 1 aromatic rings. The minimum absolute atomic E-state index is 0.243. The summed E-state index contributed by atoms with van der Waals surface area (Å²) in [4.78, 5) is 4.81. The highest BCUT2D eigenvalue weighted by atomic mass is 35.5. The molecule has 2 unspecified atom stereocenters. The number of nitrogens with zero attached hydrogens (tertiary/aromatic N) is 2. The summed E-state index contributed by atoms with van der Waals surface area (Å²) in [5.41, 5.74) is 7.17. The van der Waals surface area contributed by atoms with Crippen molar-refractivity contribution in [1.82, 2.24) is 9.80 Å². The summed E-state index contributed by atoms with van der Waals surface area (Å²) in [5.74, 6) is 0. The Morgan fingerprint density at radius 2 is 2.32 bits per heavy atom. The molecule has 0 bridgehead atoms. The Morgan fingerprint density at radius 1 is 1.53 bits per heavy atom. The van der Waals surface area contributed by atoms with Crippen LogP contribution in [0, 0.1) is 0 Å². The van der Waals surface area contributed by atoms with Gasteiger partial charge in [0, 0.05) is 30.2 Å². The largest absolute Gasteiger partial charge is 0.329 e. The standard InChI is InChI=1S/C15H24ClN3/c1-18-8-4-7-14(18)11-19(2)15(10-17)12-5-3-6-13(16)9-12/h3,5-6,9,14-15H,4,7-8,10-11,17H2,1-2H3. The Labute approximate surface area is 121 Å². The lowest BCUT2D eigenvalue weighted by atomic mass is 10.0. The average molecular weight is 282 g/mol. The van der Waals surface area contributed by atoms with Crippen LogP contribution in [-0.4, -0.2) is 49.6 Å². The first-order valence-corrected chi connectivity index (χ1v) is 7.35. The fourth-order valence-electron chi connectivity index (χ4n) is 2.95. The molecule has 1 aliphatic rings. The van der Waals surface area contributed by atoms with E-state index in [4.69, 9.17) is 17.3 Å². The number of rotatable bonds is 5. The molecule has 0 amide bonds. The molecule has 2 rings (SSSR count). The van der Waals surface area contributed by atoms with Crippen LogP contribution in [-0.2, 0) is 0 Å². The van der Waals surface area contributed by atoms with Crippen LogP contribution in [0.15, 0.2) is 24.3 Å². The Balaban J connectivity index is 2.04. The van der Waals surface area contributed by atoms with Gasteiger partial charge in [-0.05, 0) is 51.2 Å². The quantitative estimate of drug-likeness (QED) is 0.899. The zero-order valence-electron chi connectivity index (χ0n) is 11.8. The molecule has 2 N–H and O–H groups in total. The molecule has 1 aliphatic heterocycles. The predicted molar refractivity (Wildman–Crippen MR) is 81.5 cm³/mol. The molecule has 2 atom stereocenters. The molecule has 0 aromatic heterocycles. The van der Waals surface area contributed by atoms with Crippen molar-refractivity contribution in [2.45, 2.75) is 24.9 Å². The van der Waals surface area contributed by atoms with Crippen LogP contribution in [0.2, 0.25) is 5.02 Å². The fraction of sp³-hybridized carbons (Fsp3) is 0.600. The van der Waals surface area contributed by atoms with Gasteiger partial charge in [0.15, 0.2) is 0 Å². The smallest absolute Gasteiger partial charge is 0.0468 e. The predicted octanol–water partition coefficient (Wildman–Crippen LogP) is 2.37. The van der Waals surface area contributed by atoms with E-state index in [9.17, 15) is 0 Å². The highest BCUT2D eigenvalue weighted by Gasteiger charge is 2.25. The first-order chi connectivity index (χ1) is 9.11. The SMILES string of the molecule is CN1CCCC1CN(C)C(CN)c1cccc(Cl)c1. The van der Waals surface area contributed by atoms with Crippen molar-refractivity contribution in [2.75, 3.05) is 33.7 Å². The minimum atomic E-state index is 0.243. The van der Waals surface area contributed by atoms with Crippen LogP contribution in [0.3, 0.4) is 0 Å². The second kappa shape index (κ2) is 6.71. The second-order valence-electron chi connectivity index (χ2n) is 5.52. The summed E-state index contributed by atoms with van der Waals surface area (Å²) < 4.78 is 0. The highest BCUT2D eigenvalue weighted by molar-refractivity contribution is 6.30. The molecule has 0 radical (unpaired) electrons. The molecule has 0 spiro atoms. The topological polar surface area (TPSA) is 32.5 Å². The van der Waals surface area contributed by atoms with Gasteiger partial charge in [-0.1, -0.05) is 23.7 Å². The number of benzene rings is 1. The van der Waals surface area contributed by atoms with Gasteiger partial charge in [0.05, 0.1) is 0 Å². The first kappa shape index (κ1) is 14.8. The molecular formula is C15H24ClN3. The van der Waals surface area contributed by atoms with E-state index in [0.29, 0.717) is 12.6 Å². The van der Waals surface area contributed by atoms with Crippen molar-refractivity contribution in [1.29, 1.82) is 0 Å². The molecule has 19 heavy (non-hydrogen) atoms. The molecule has 1 aromatic carbocycles. The molecule has 106 valence electrons. The molecule has 1 fully saturated rings. The van der Waals surface area contributed by atoms with E-state index in [2.05, 4.69) is 30.0 Å². The third-order valence-corrected chi connectivity index (χ3v) is 4.39. The maximum Gasteiger partial charge on any atom is 0.0468 e. The highest BCUT2D eigenvalue weighted by Crippen LogP contribution is 2.24. The Morgan fingerprint density at radius 3 is 2.89 bits per heavy atom. The van der Waals surface area contributed by atoms with E-state index in [1.165, 1.54) is 24.9 Å². The van der Waals surface area contributed by atoms with E-state index in [1.54, 1.807) is 0 Å². The minimum Gasteiger partial charge on any atom is -0.329 e. The van der Waals surface area contributed by atoms with Gasteiger partial charge < -0.3 is 10.6 Å². The molecule has 1 saturated heterocycles. The summed E-state index contributed by atoms with van der Waals surface area (Å²) in [5, 5.41) is 0.780. The lowest BCUT2D eigenvalue weighted by molar-refractivity contribution is 0.179. The van der Waals surface area contributed by atoms with Gasteiger partial charge in [-0.3, -0.25) is 4.90 Å². The van der Waals surface area contributed by atoms with Crippen molar-refractivity contribution >= 4 is 11.6 Å². The Bertz CT molecular complexity index is 410. The fourth-order valence-corrected chi connectivity index (χ4v) is 3.15. The summed E-state index contributed by atoms with van der Waals surface area (Å²) in [6.07, 6.45) is 2.59. The summed E-state index contributed by atoms with van der Waals surface area (Å²) in [6.45, 7) is 2.89. The number of hydrogen-bond acceptors (Lipinski definition) is 3. The van der Waals surface area contributed by atoms with Crippen molar-refractivity contribution in [2.24, 2.45) is 5.73 Å². The van der Waals surface area contributed by atoms with Crippen LogP contribution in [0.25, 0.3) is 0 Å². The van der Waals surface area contributed by atoms with Crippen LogP contribution in [0.5, 0.6) is 0 Å². The van der Waals surface area contributed by atoms with Gasteiger partial charge in [0.25, 0.3) is 0 Å². The summed E-state index contributed by atoms with van der Waals surface area (Å²) in [7, 11) is 4.37. The second-order valence-corrected chi connectivity index (χ2v) is 5.96. The third kappa shape index (κ3) is 3.69. The van der Waals surface area contributed by atoms with Crippen LogP contribution in [0.1, 0.15) is 24.4 Å². The first-order valence-electron chi connectivity index (χ1n) is 6.98. The average Bonchev–Trinajstić information content (AvgIpc) is 2.76. The lowest BCUT2D eigenvalue weighted by Gasteiger charge is -2.32. The van der Waals surface area contributed by atoms with E-state index in [-0.39, 0.29) is 6.04 Å². The monoisotopic (exact) mass is 281 g/mol. The molecule has 3 nitrogen and oxygen atoms in total. The molecule has 1 heterocycles. The maximum atomic E-state index is 6.08. The van der Waals surface area contributed by atoms with E-state index in [1.807, 2.05) is 18.2 Å². The normalized spacial score (nSPS) is 22.1. The number of likely N-dealkylation sites (N-methyl/N-ethyl adjacent to an activating group) is 2. The van der Waals surface area contributed by atoms with Gasteiger partial charge in [-0.15, -0.1) is 0 Å². The zero-order chi connectivity index (χ0) is 13.8. The molecule has 0 saturated carbocycles. The van der Waals surface area contributed by atoms with Crippen LogP contribution >= 0.6 is 11.6 Å². The van der Waals surface area contributed by atoms with Gasteiger partial charge in [0.2, 0.25) is 0 Å². The lowest BCUT2D eigenvalue weighted by Crippen LogP contribution is -2.40. The summed E-state index contributed by atoms with van der Waals surface area (Å²) >= 11 is 6.08. The van der Waals surface area contributed by atoms with E-state index >= 15 is 0 Å². The van der Waals surface area contributed by atoms with Gasteiger partial charge >= 0.3 is 0 Å². The summed E-state index contributed by atoms with van der Waals surface area (Å²) in [6, 6.07) is 8.93. The van der Waals surface area contributed by atoms with Crippen molar-refractivity contribution in [3.05, 3.63) is 34.9 Å². The van der Waals surface area contributed by atoms with Gasteiger partial charge in [-0.2, -0.15) is 0 Å². The molecule has 0 aliphatic carbocycles. The number of nitrogens with two attached hydrogens (primary N) is 1. The Kier molecular flexibility index (Phi) is 5.22. The molecular weight excluding hydrogens is 258 g/mol. The number of likely N-dealkylation sites (tertiary alicyclic amines) is 1. The third-order valence-electron chi connectivity index (χ3n) is 4.16. The zero-order valence-corrected chi connectivity index (χ0v) is 12.6. The molecule has 4 heteroatoms. The van der Waals surface area contributed by atoms with Crippen LogP contribution in [0.4, 0.5) is 0 Å². The van der Waals surface area contributed by atoms with E-state index in [0.717, 1.165) is 11.6 Å². The van der Waals surface area contributed by atoms with Crippen molar-refractivity contribution in [3.63, 3.8) is 0 Å².